The molecular weight excluding hydrogens is 106 g/mol. The van der Waals surface area contributed by atoms with Crippen LogP contribution < -0.4 is 0 Å². The van der Waals surface area contributed by atoms with Crippen LogP contribution in [0.3, 0.4) is 0 Å². The van der Waals surface area contributed by atoms with E-state index < -0.39 is 6.04 Å². The van der Waals surface area contributed by atoms with E-state index in [0.29, 0.717) is 12.8 Å². The summed E-state index contributed by atoms with van der Waals surface area (Å²) in [6.07, 6.45) is 1.26. The molecule has 0 fully saturated rings. The van der Waals surface area contributed by atoms with E-state index in [2.05, 4.69) is 11.8 Å². The predicted octanol–water partition coefficient (Wildman–Crippen LogP) is 0.429. The molecule has 0 aliphatic heterocycles. The second kappa shape index (κ2) is 1.83. The standard InChI is InChI=1S/C5H5NO2/c7-6(8)5-3-1-2-4-5/h5H,1,3H2. The van der Waals surface area contributed by atoms with Gasteiger partial charge in [0, 0.05) is 17.8 Å². The number of nitro groups is 1. The summed E-state index contributed by atoms with van der Waals surface area (Å²) in [6, 6.07) is -0.574. The molecule has 0 radical (unpaired) electrons. The number of hydrogen-bond donors (Lipinski definition) is 0. The van der Waals surface area contributed by atoms with Gasteiger partial charge in [0.15, 0.2) is 0 Å². The molecule has 0 heterocycles. The molecule has 1 unspecified atom stereocenters. The van der Waals surface area contributed by atoms with Gasteiger partial charge in [-0.05, 0) is 5.92 Å². The number of nitrogens with zero attached hydrogens (tertiary/aromatic N) is 1. The van der Waals surface area contributed by atoms with Crippen molar-refractivity contribution in [2.75, 3.05) is 0 Å². The molecule has 0 N–H and O–H groups in total. The zero-order valence-corrected chi connectivity index (χ0v) is 4.26. The highest BCUT2D eigenvalue weighted by Crippen LogP contribution is 2.04. The Morgan fingerprint density at radius 2 is 2.50 bits per heavy atom. The van der Waals surface area contributed by atoms with Crippen LogP contribution in [0.5, 0.6) is 0 Å². The lowest BCUT2D eigenvalue weighted by atomic mass is 10.3. The van der Waals surface area contributed by atoms with Gasteiger partial charge in [-0.3, -0.25) is 10.1 Å². The van der Waals surface area contributed by atoms with Crippen LogP contribution in [0.4, 0.5) is 0 Å². The van der Waals surface area contributed by atoms with Crippen molar-refractivity contribution in [1.82, 2.24) is 0 Å². The minimum absolute atomic E-state index is 0.333. The molecule has 1 atom stereocenters. The lowest BCUT2D eigenvalue weighted by molar-refractivity contribution is -0.506. The maximum Gasteiger partial charge on any atom is 0.273 e. The van der Waals surface area contributed by atoms with Gasteiger partial charge in [-0.15, -0.1) is 0 Å². The quantitative estimate of drug-likeness (QED) is 0.280. The van der Waals surface area contributed by atoms with Gasteiger partial charge in [-0.25, -0.2) is 0 Å². The van der Waals surface area contributed by atoms with E-state index in [0.717, 1.165) is 0 Å². The summed E-state index contributed by atoms with van der Waals surface area (Å²) in [5, 5.41) is 9.90. The van der Waals surface area contributed by atoms with Crippen LogP contribution in [0.1, 0.15) is 12.8 Å². The van der Waals surface area contributed by atoms with Gasteiger partial charge in [0.05, 0.1) is 0 Å². The molecule has 3 nitrogen and oxygen atoms in total. The van der Waals surface area contributed by atoms with Crippen molar-refractivity contribution >= 4 is 0 Å². The third-order valence-electron chi connectivity index (χ3n) is 1.07. The van der Waals surface area contributed by atoms with E-state index in [1.165, 1.54) is 0 Å². The van der Waals surface area contributed by atoms with Crippen LogP contribution in [0.2, 0.25) is 0 Å². The van der Waals surface area contributed by atoms with E-state index in [1.54, 1.807) is 0 Å². The topological polar surface area (TPSA) is 43.1 Å². The highest BCUT2D eigenvalue weighted by Gasteiger charge is 2.18. The van der Waals surface area contributed by atoms with E-state index in [9.17, 15) is 10.1 Å². The van der Waals surface area contributed by atoms with Crippen molar-refractivity contribution < 1.29 is 4.92 Å². The molecule has 0 aromatic heterocycles. The first-order chi connectivity index (χ1) is 3.80. The Bertz CT molecular complexity index is 165. The fourth-order valence-electron chi connectivity index (χ4n) is 0.629. The molecule has 8 heavy (non-hydrogen) atoms. The summed E-state index contributed by atoms with van der Waals surface area (Å²) in [5.74, 6) is 5.17. The fraction of sp³-hybridized carbons (Fsp3) is 0.600. The van der Waals surface area contributed by atoms with Crippen molar-refractivity contribution in [3.05, 3.63) is 10.1 Å². The number of hydrogen-bond acceptors (Lipinski definition) is 2. The van der Waals surface area contributed by atoms with E-state index in [1.807, 2.05) is 0 Å². The van der Waals surface area contributed by atoms with E-state index >= 15 is 0 Å². The first kappa shape index (κ1) is 5.10. The fourth-order valence-corrected chi connectivity index (χ4v) is 0.629. The average molecular weight is 111 g/mol. The lowest BCUT2D eigenvalue weighted by Gasteiger charge is -1.91. The molecule has 0 bridgehead atoms. The van der Waals surface area contributed by atoms with Crippen molar-refractivity contribution in [3.63, 3.8) is 0 Å². The zero-order valence-electron chi connectivity index (χ0n) is 4.26. The Labute approximate surface area is 46.8 Å². The molecule has 0 aromatic carbocycles. The lowest BCUT2D eigenvalue weighted by Crippen LogP contribution is -2.13. The predicted molar refractivity (Wildman–Crippen MR) is 27.8 cm³/mol. The zero-order chi connectivity index (χ0) is 5.98. The summed E-state index contributed by atoms with van der Waals surface area (Å²) in [7, 11) is 0. The molecule has 0 aromatic rings. The largest absolute Gasteiger partial charge is 0.273 e. The maximum absolute atomic E-state index is 9.90. The third kappa shape index (κ3) is 0.784. The van der Waals surface area contributed by atoms with Crippen LogP contribution in [0.15, 0.2) is 0 Å². The van der Waals surface area contributed by atoms with Gasteiger partial charge in [0.25, 0.3) is 6.04 Å². The third-order valence-corrected chi connectivity index (χ3v) is 1.07. The molecule has 1 aliphatic rings. The second-order valence-electron chi connectivity index (χ2n) is 1.66. The highest BCUT2D eigenvalue weighted by atomic mass is 16.6. The minimum atomic E-state index is -0.574. The second-order valence-corrected chi connectivity index (χ2v) is 1.66. The Hall–Kier alpha value is -1.04. The normalized spacial score (nSPS) is 24.2. The maximum atomic E-state index is 9.90. The van der Waals surface area contributed by atoms with E-state index in [-0.39, 0.29) is 4.92 Å². The van der Waals surface area contributed by atoms with Crippen LogP contribution in [-0.4, -0.2) is 11.0 Å². The molecule has 0 spiro atoms. The van der Waals surface area contributed by atoms with Crippen molar-refractivity contribution in [1.29, 1.82) is 0 Å². The Balaban J connectivity index is 2.53. The first-order valence-corrected chi connectivity index (χ1v) is 2.42. The molecule has 0 saturated heterocycles. The molecule has 42 valence electrons. The van der Waals surface area contributed by atoms with Gasteiger partial charge in [0.2, 0.25) is 0 Å². The van der Waals surface area contributed by atoms with Crippen molar-refractivity contribution in [3.8, 4) is 11.8 Å². The van der Waals surface area contributed by atoms with Crippen molar-refractivity contribution in [2.24, 2.45) is 0 Å². The molecule has 0 saturated carbocycles. The van der Waals surface area contributed by atoms with Crippen LogP contribution in [0, 0.1) is 22.0 Å². The Morgan fingerprint density at radius 3 is 2.75 bits per heavy atom. The minimum Gasteiger partial charge on any atom is -0.263 e. The summed E-state index contributed by atoms with van der Waals surface area (Å²) >= 11 is 0. The summed E-state index contributed by atoms with van der Waals surface area (Å²) in [4.78, 5) is 9.57. The molecule has 1 aliphatic carbocycles. The Kier molecular flexibility index (Phi) is 1.17. The van der Waals surface area contributed by atoms with Crippen LogP contribution >= 0.6 is 0 Å². The monoisotopic (exact) mass is 111 g/mol. The first-order valence-electron chi connectivity index (χ1n) is 2.42. The summed E-state index contributed by atoms with van der Waals surface area (Å²) in [6.45, 7) is 0. The SMILES string of the molecule is O=[N+]([O-])C1C#CCC1. The average Bonchev–Trinajstić information content (AvgIpc) is 2.12. The van der Waals surface area contributed by atoms with Gasteiger partial charge >= 0.3 is 0 Å². The molecule has 1 rings (SSSR count). The van der Waals surface area contributed by atoms with Gasteiger partial charge in [-0.1, -0.05) is 5.92 Å². The summed E-state index contributed by atoms with van der Waals surface area (Å²) < 4.78 is 0. The van der Waals surface area contributed by atoms with E-state index in [4.69, 9.17) is 0 Å². The van der Waals surface area contributed by atoms with Gasteiger partial charge in [-0.2, -0.15) is 0 Å². The number of rotatable bonds is 1. The molecular formula is C5H5NO2. The molecule has 3 heteroatoms. The Morgan fingerprint density at radius 1 is 1.75 bits per heavy atom. The van der Waals surface area contributed by atoms with Gasteiger partial charge in [0.1, 0.15) is 0 Å². The summed E-state index contributed by atoms with van der Waals surface area (Å²) in [5.41, 5.74) is 0. The van der Waals surface area contributed by atoms with Crippen LogP contribution in [0.25, 0.3) is 0 Å². The van der Waals surface area contributed by atoms with Gasteiger partial charge < -0.3 is 0 Å². The smallest absolute Gasteiger partial charge is 0.263 e. The molecule has 0 amide bonds. The highest BCUT2D eigenvalue weighted by molar-refractivity contribution is 5.11. The van der Waals surface area contributed by atoms with Crippen molar-refractivity contribution in [2.45, 2.75) is 18.9 Å². The van der Waals surface area contributed by atoms with Crippen LogP contribution in [-0.2, 0) is 0 Å².